The molecule has 100 valence electrons. The fourth-order valence-corrected chi connectivity index (χ4v) is 2.60. The molecular weight excluding hydrogens is 273 g/mol. The first kappa shape index (κ1) is 13.7. The van der Waals surface area contributed by atoms with E-state index in [2.05, 4.69) is 10.3 Å². The van der Waals surface area contributed by atoms with Crippen LogP contribution in [0, 0.1) is 0 Å². The molecule has 0 bridgehead atoms. The van der Waals surface area contributed by atoms with Crippen molar-refractivity contribution >= 4 is 29.1 Å². The summed E-state index contributed by atoms with van der Waals surface area (Å²) < 4.78 is 0. The molecule has 1 amide bonds. The van der Waals surface area contributed by atoms with E-state index in [-0.39, 0.29) is 23.1 Å². The summed E-state index contributed by atoms with van der Waals surface area (Å²) in [7, 11) is 0. The van der Waals surface area contributed by atoms with Gasteiger partial charge in [-0.15, -0.1) is 0 Å². The van der Waals surface area contributed by atoms with Gasteiger partial charge in [0.2, 0.25) is 0 Å². The van der Waals surface area contributed by atoms with Gasteiger partial charge in [0.25, 0.3) is 5.91 Å². The molecule has 1 fully saturated rings. The van der Waals surface area contributed by atoms with Crippen molar-refractivity contribution in [3.63, 3.8) is 0 Å². The van der Waals surface area contributed by atoms with Crippen molar-refractivity contribution < 1.29 is 4.79 Å². The van der Waals surface area contributed by atoms with Crippen LogP contribution in [0.1, 0.15) is 42.6 Å². The third-order valence-corrected chi connectivity index (χ3v) is 4.05. The van der Waals surface area contributed by atoms with Crippen molar-refractivity contribution in [3.8, 4) is 0 Å². The van der Waals surface area contributed by atoms with E-state index in [1.807, 2.05) is 0 Å². The van der Waals surface area contributed by atoms with Gasteiger partial charge in [-0.2, -0.15) is 0 Å². The Morgan fingerprint density at radius 2 is 2.06 bits per heavy atom. The minimum absolute atomic E-state index is 0.0253. The molecule has 1 heterocycles. The minimum atomic E-state index is -0.203. The average Bonchev–Trinajstić information content (AvgIpc) is 2.54. The molecule has 6 heteroatoms. The highest BCUT2D eigenvalue weighted by Gasteiger charge is 2.23. The standard InChI is InChI=1S/C12H17Cl2N3O/c13-7-6-10(16-11(7)14)12(18)17-9-5-3-1-2-4-8(9)15/h6,8-9,16H,1-5,15H2,(H,17,18). The molecule has 0 spiro atoms. The highest BCUT2D eigenvalue weighted by molar-refractivity contribution is 6.41. The van der Waals surface area contributed by atoms with Crippen LogP contribution in [0.5, 0.6) is 0 Å². The molecule has 2 rings (SSSR count). The zero-order valence-electron chi connectivity index (χ0n) is 10.0. The van der Waals surface area contributed by atoms with Gasteiger partial charge in [0.15, 0.2) is 0 Å². The van der Waals surface area contributed by atoms with Crippen molar-refractivity contribution in [1.29, 1.82) is 0 Å². The fourth-order valence-electron chi connectivity index (χ4n) is 2.29. The van der Waals surface area contributed by atoms with Gasteiger partial charge in [-0.05, 0) is 18.9 Å². The van der Waals surface area contributed by atoms with Crippen molar-refractivity contribution in [3.05, 3.63) is 21.9 Å². The monoisotopic (exact) mass is 289 g/mol. The predicted octanol–water partition coefficient (Wildman–Crippen LogP) is 2.71. The molecule has 0 radical (unpaired) electrons. The van der Waals surface area contributed by atoms with E-state index in [1.54, 1.807) is 0 Å². The minimum Gasteiger partial charge on any atom is -0.346 e. The topological polar surface area (TPSA) is 70.9 Å². The number of nitrogens with one attached hydrogen (secondary N) is 2. The number of amides is 1. The largest absolute Gasteiger partial charge is 0.346 e. The number of carbonyl (C=O) groups is 1. The van der Waals surface area contributed by atoms with Gasteiger partial charge in [0, 0.05) is 12.1 Å². The number of rotatable bonds is 2. The van der Waals surface area contributed by atoms with Gasteiger partial charge in [-0.1, -0.05) is 42.5 Å². The van der Waals surface area contributed by atoms with Gasteiger partial charge in [-0.25, -0.2) is 0 Å². The van der Waals surface area contributed by atoms with E-state index in [4.69, 9.17) is 28.9 Å². The lowest BCUT2D eigenvalue weighted by molar-refractivity contribution is 0.0924. The van der Waals surface area contributed by atoms with Crippen molar-refractivity contribution in [1.82, 2.24) is 10.3 Å². The summed E-state index contributed by atoms with van der Waals surface area (Å²) >= 11 is 11.6. The van der Waals surface area contributed by atoms with Crippen molar-refractivity contribution in [2.24, 2.45) is 5.73 Å². The summed E-state index contributed by atoms with van der Waals surface area (Å²) in [5.41, 5.74) is 6.44. The molecule has 4 nitrogen and oxygen atoms in total. The number of aromatic amines is 1. The smallest absolute Gasteiger partial charge is 0.268 e. The van der Waals surface area contributed by atoms with E-state index in [0.29, 0.717) is 10.7 Å². The molecule has 2 unspecified atom stereocenters. The van der Waals surface area contributed by atoms with Crippen LogP contribution in [-0.4, -0.2) is 23.0 Å². The molecule has 1 aromatic rings. The molecule has 1 saturated carbocycles. The van der Waals surface area contributed by atoms with Crippen LogP contribution < -0.4 is 11.1 Å². The number of H-pyrrole nitrogens is 1. The summed E-state index contributed by atoms with van der Waals surface area (Å²) in [4.78, 5) is 14.8. The number of halogens is 2. The number of nitrogens with two attached hydrogens (primary N) is 1. The highest BCUT2D eigenvalue weighted by Crippen LogP contribution is 2.22. The Balaban J connectivity index is 2.01. The maximum atomic E-state index is 12.0. The lowest BCUT2D eigenvalue weighted by Gasteiger charge is -2.22. The Kier molecular flexibility index (Phi) is 4.54. The van der Waals surface area contributed by atoms with E-state index in [0.717, 1.165) is 25.7 Å². The van der Waals surface area contributed by atoms with Crippen LogP contribution in [0.15, 0.2) is 6.07 Å². The molecule has 0 saturated heterocycles. The number of carbonyl (C=O) groups excluding carboxylic acids is 1. The van der Waals surface area contributed by atoms with Crippen LogP contribution in [-0.2, 0) is 0 Å². The number of hydrogen-bond donors (Lipinski definition) is 3. The molecular formula is C12H17Cl2N3O. The quantitative estimate of drug-likeness (QED) is 0.733. The average molecular weight is 290 g/mol. The summed E-state index contributed by atoms with van der Waals surface area (Å²) in [6.45, 7) is 0. The number of aromatic nitrogens is 1. The Morgan fingerprint density at radius 3 is 2.72 bits per heavy atom. The first-order chi connectivity index (χ1) is 8.58. The third kappa shape index (κ3) is 3.19. The Bertz CT molecular complexity index is 413. The van der Waals surface area contributed by atoms with Crippen LogP contribution >= 0.6 is 23.2 Å². The number of hydrogen-bond acceptors (Lipinski definition) is 2. The maximum absolute atomic E-state index is 12.0. The van der Waals surface area contributed by atoms with Gasteiger partial charge < -0.3 is 16.0 Å². The maximum Gasteiger partial charge on any atom is 0.268 e. The second-order valence-electron chi connectivity index (χ2n) is 4.73. The van der Waals surface area contributed by atoms with Crippen molar-refractivity contribution in [2.75, 3.05) is 0 Å². The second-order valence-corrected chi connectivity index (χ2v) is 5.51. The lowest BCUT2D eigenvalue weighted by atomic mass is 10.0. The van der Waals surface area contributed by atoms with Crippen LogP contribution in [0.2, 0.25) is 10.2 Å². The predicted molar refractivity (Wildman–Crippen MR) is 73.1 cm³/mol. The van der Waals surface area contributed by atoms with Gasteiger partial charge >= 0.3 is 0 Å². The Labute approximate surface area is 116 Å². The molecule has 4 N–H and O–H groups in total. The molecule has 2 atom stereocenters. The van der Waals surface area contributed by atoms with E-state index < -0.39 is 0 Å². The third-order valence-electron chi connectivity index (χ3n) is 3.36. The zero-order chi connectivity index (χ0) is 13.1. The Hall–Kier alpha value is -0.710. The van der Waals surface area contributed by atoms with Gasteiger partial charge in [-0.3, -0.25) is 4.79 Å². The summed E-state index contributed by atoms with van der Waals surface area (Å²) in [5, 5.41) is 3.59. The normalized spacial score (nSPS) is 24.6. The van der Waals surface area contributed by atoms with E-state index >= 15 is 0 Å². The lowest BCUT2D eigenvalue weighted by Crippen LogP contribution is -2.47. The molecule has 0 aliphatic heterocycles. The first-order valence-corrected chi connectivity index (χ1v) is 6.94. The van der Waals surface area contributed by atoms with Gasteiger partial charge in [0.05, 0.1) is 5.02 Å². The van der Waals surface area contributed by atoms with Crippen LogP contribution in [0.25, 0.3) is 0 Å². The molecule has 0 aromatic carbocycles. The highest BCUT2D eigenvalue weighted by atomic mass is 35.5. The molecule has 1 aromatic heterocycles. The second kappa shape index (κ2) is 5.95. The van der Waals surface area contributed by atoms with E-state index in [1.165, 1.54) is 12.5 Å². The summed E-state index contributed by atoms with van der Waals surface area (Å²) in [6.07, 6.45) is 5.30. The molecule has 1 aliphatic rings. The van der Waals surface area contributed by atoms with Crippen LogP contribution in [0.4, 0.5) is 0 Å². The Morgan fingerprint density at radius 1 is 1.33 bits per heavy atom. The van der Waals surface area contributed by atoms with E-state index in [9.17, 15) is 4.79 Å². The summed E-state index contributed by atoms with van der Waals surface area (Å²) in [5.74, 6) is -0.203. The molecule has 1 aliphatic carbocycles. The first-order valence-electron chi connectivity index (χ1n) is 6.18. The molecule has 18 heavy (non-hydrogen) atoms. The van der Waals surface area contributed by atoms with Crippen LogP contribution in [0.3, 0.4) is 0 Å². The zero-order valence-corrected chi connectivity index (χ0v) is 11.5. The summed E-state index contributed by atoms with van der Waals surface area (Å²) in [6, 6.07) is 1.58. The SMILES string of the molecule is NC1CCCCCC1NC(=O)c1cc(Cl)c(Cl)[nH]1. The van der Waals surface area contributed by atoms with Crippen molar-refractivity contribution in [2.45, 2.75) is 44.2 Å². The van der Waals surface area contributed by atoms with Gasteiger partial charge in [0.1, 0.15) is 10.8 Å². The fraction of sp³-hybridized carbons (Fsp3) is 0.583.